The molecule has 1 amide bonds. The van der Waals surface area contributed by atoms with Gasteiger partial charge < -0.3 is 15.7 Å². The lowest BCUT2D eigenvalue weighted by atomic mass is 9.82. The maximum Gasteiger partial charge on any atom is 0.329 e. The van der Waals surface area contributed by atoms with Crippen molar-refractivity contribution in [1.29, 1.82) is 0 Å². The Morgan fingerprint density at radius 3 is 2.39 bits per heavy atom. The molecule has 0 aromatic heterocycles. The Balaban J connectivity index is 3.03. The van der Waals surface area contributed by atoms with Gasteiger partial charge in [-0.25, -0.2) is 4.79 Å². The number of carbonyl (C=O) groups excluding carboxylic acids is 1. The lowest BCUT2D eigenvalue weighted by molar-refractivity contribution is -0.161. The summed E-state index contributed by atoms with van der Waals surface area (Å²) in [4.78, 5) is 25.4. The number of carbonyl (C=O) groups is 2. The van der Waals surface area contributed by atoms with E-state index in [0.29, 0.717) is 6.54 Å². The molecule has 5 heteroatoms. The van der Waals surface area contributed by atoms with Crippen molar-refractivity contribution in [3.05, 3.63) is 0 Å². The van der Waals surface area contributed by atoms with Crippen molar-refractivity contribution in [1.82, 2.24) is 4.90 Å². The SMILES string of the molecule is CCN(C(=O)C1(C)CCCC1N)C(C)(C)C(=O)O. The molecule has 1 aliphatic carbocycles. The van der Waals surface area contributed by atoms with Crippen LogP contribution in [0.3, 0.4) is 0 Å². The van der Waals surface area contributed by atoms with Gasteiger partial charge in [0.15, 0.2) is 0 Å². The smallest absolute Gasteiger partial charge is 0.329 e. The number of amides is 1. The lowest BCUT2D eigenvalue weighted by Gasteiger charge is -2.40. The Hall–Kier alpha value is -1.10. The molecule has 0 bridgehead atoms. The summed E-state index contributed by atoms with van der Waals surface area (Å²) in [6, 6.07) is -0.177. The number of carboxylic acid groups (broad SMARTS) is 1. The van der Waals surface area contributed by atoms with Gasteiger partial charge in [-0.3, -0.25) is 4.79 Å². The molecule has 18 heavy (non-hydrogen) atoms. The van der Waals surface area contributed by atoms with E-state index in [0.717, 1.165) is 19.3 Å². The minimum Gasteiger partial charge on any atom is -0.480 e. The average molecular weight is 256 g/mol. The minimum absolute atomic E-state index is 0.137. The standard InChI is InChI=1S/C13H24N2O3/c1-5-15(12(2,3)11(17)18)10(16)13(4)8-6-7-9(13)14/h9H,5-8,14H2,1-4H3,(H,17,18). The van der Waals surface area contributed by atoms with Crippen molar-refractivity contribution in [2.75, 3.05) is 6.54 Å². The van der Waals surface area contributed by atoms with E-state index in [4.69, 9.17) is 5.73 Å². The number of nitrogens with two attached hydrogens (primary N) is 1. The first-order valence-electron chi connectivity index (χ1n) is 6.49. The molecular weight excluding hydrogens is 232 g/mol. The molecule has 0 heterocycles. The minimum atomic E-state index is -1.20. The zero-order chi connectivity index (χ0) is 14.1. The first kappa shape index (κ1) is 15.0. The molecule has 0 aliphatic heterocycles. The molecule has 2 unspecified atom stereocenters. The van der Waals surface area contributed by atoms with Crippen molar-refractivity contribution in [3.63, 3.8) is 0 Å². The van der Waals surface area contributed by atoms with E-state index >= 15 is 0 Å². The van der Waals surface area contributed by atoms with Crippen molar-refractivity contribution in [3.8, 4) is 0 Å². The highest BCUT2D eigenvalue weighted by Crippen LogP contribution is 2.39. The van der Waals surface area contributed by atoms with E-state index in [1.54, 1.807) is 20.8 Å². The zero-order valence-electron chi connectivity index (χ0n) is 11.7. The summed E-state index contributed by atoms with van der Waals surface area (Å²) < 4.78 is 0. The molecule has 1 saturated carbocycles. The van der Waals surface area contributed by atoms with Gasteiger partial charge in [-0.15, -0.1) is 0 Å². The molecule has 0 aromatic carbocycles. The maximum atomic E-state index is 12.6. The normalized spacial score (nSPS) is 28.2. The molecule has 0 spiro atoms. The van der Waals surface area contributed by atoms with Gasteiger partial charge in [0.1, 0.15) is 5.54 Å². The molecule has 0 aromatic rings. The van der Waals surface area contributed by atoms with Gasteiger partial charge in [0.2, 0.25) is 5.91 Å². The number of nitrogens with zero attached hydrogens (tertiary/aromatic N) is 1. The Morgan fingerprint density at radius 2 is 2.06 bits per heavy atom. The summed E-state index contributed by atoms with van der Waals surface area (Å²) in [6.45, 7) is 7.14. The van der Waals surface area contributed by atoms with Crippen LogP contribution >= 0.6 is 0 Å². The molecule has 0 radical (unpaired) electrons. The molecule has 5 nitrogen and oxygen atoms in total. The number of likely N-dealkylation sites (N-methyl/N-ethyl adjacent to an activating group) is 1. The number of hydrogen-bond donors (Lipinski definition) is 2. The van der Waals surface area contributed by atoms with Crippen LogP contribution in [-0.4, -0.2) is 40.0 Å². The summed E-state index contributed by atoms with van der Waals surface area (Å²) in [7, 11) is 0. The van der Waals surface area contributed by atoms with Crippen LogP contribution < -0.4 is 5.73 Å². The van der Waals surface area contributed by atoms with E-state index in [9.17, 15) is 14.7 Å². The van der Waals surface area contributed by atoms with Gasteiger partial charge in [-0.1, -0.05) is 6.42 Å². The quantitative estimate of drug-likeness (QED) is 0.792. The van der Waals surface area contributed by atoms with E-state index in [-0.39, 0.29) is 11.9 Å². The molecule has 2 atom stereocenters. The highest BCUT2D eigenvalue weighted by atomic mass is 16.4. The highest BCUT2D eigenvalue weighted by molar-refractivity contribution is 5.90. The molecule has 1 rings (SSSR count). The topological polar surface area (TPSA) is 83.6 Å². The third-order valence-corrected chi connectivity index (χ3v) is 4.28. The lowest BCUT2D eigenvalue weighted by Crippen LogP contribution is -2.59. The van der Waals surface area contributed by atoms with Crippen molar-refractivity contribution in [2.24, 2.45) is 11.1 Å². The summed E-state index contributed by atoms with van der Waals surface area (Å²) in [5, 5.41) is 9.26. The summed E-state index contributed by atoms with van der Waals surface area (Å²) in [5.41, 5.74) is 4.21. The summed E-state index contributed by atoms with van der Waals surface area (Å²) >= 11 is 0. The van der Waals surface area contributed by atoms with E-state index in [1.165, 1.54) is 4.90 Å². The van der Waals surface area contributed by atoms with Gasteiger partial charge in [-0.2, -0.15) is 0 Å². The maximum absolute atomic E-state index is 12.6. The fourth-order valence-electron chi connectivity index (χ4n) is 2.68. The third-order valence-electron chi connectivity index (χ3n) is 4.28. The third kappa shape index (κ3) is 2.23. The molecular formula is C13H24N2O3. The Kier molecular flexibility index (Phi) is 4.05. The summed E-state index contributed by atoms with van der Waals surface area (Å²) in [6.07, 6.45) is 2.49. The Morgan fingerprint density at radius 1 is 1.50 bits per heavy atom. The second-order valence-electron chi connectivity index (χ2n) is 5.83. The van der Waals surface area contributed by atoms with Gasteiger partial charge in [-0.05, 0) is 40.5 Å². The van der Waals surface area contributed by atoms with Crippen molar-refractivity contribution >= 4 is 11.9 Å². The van der Waals surface area contributed by atoms with Crippen LogP contribution in [0.15, 0.2) is 0 Å². The Bertz CT molecular complexity index is 354. The monoisotopic (exact) mass is 256 g/mol. The van der Waals surface area contributed by atoms with Gasteiger partial charge in [0.25, 0.3) is 0 Å². The fraction of sp³-hybridized carbons (Fsp3) is 0.846. The van der Waals surface area contributed by atoms with E-state index in [1.807, 2.05) is 6.92 Å². The molecule has 1 aliphatic rings. The second kappa shape index (κ2) is 4.88. The highest BCUT2D eigenvalue weighted by Gasteiger charge is 2.49. The average Bonchev–Trinajstić information content (AvgIpc) is 2.60. The number of carboxylic acids is 1. The largest absolute Gasteiger partial charge is 0.480 e. The van der Waals surface area contributed by atoms with Crippen LogP contribution in [0.1, 0.15) is 47.0 Å². The molecule has 104 valence electrons. The van der Waals surface area contributed by atoms with Crippen molar-refractivity contribution < 1.29 is 14.7 Å². The van der Waals surface area contributed by atoms with Crippen LogP contribution in [0.5, 0.6) is 0 Å². The van der Waals surface area contributed by atoms with Crippen LogP contribution in [0.2, 0.25) is 0 Å². The van der Waals surface area contributed by atoms with Crippen LogP contribution in [-0.2, 0) is 9.59 Å². The number of aliphatic carboxylic acids is 1. The van der Waals surface area contributed by atoms with Gasteiger partial charge >= 0.3 is 5.97 Å². The van der Waals surface area contributed by atoms with E-state index in [2.05, 4.69) is 0 Å². The summed E-state index contributed by atoms with van der Waals surface area (Å²) in [5.74, 6) is -1.13. The fourth-order valence-corrected chi connectivity index (χ4v) is 2.68. The van der Waals surface area contributed by atoms with Crippen LogP contribution in [0.4, 0.5) is 0 Å². The zero-order valence-corrected chi connectivity index (χ0v) is 11.7. The first-order chi connectivity index (χ1) is 8.17. The predicted octanol–water partition coefficient (Wildman–Crippen LogP) is 1.22. The van der Waals surface area contributed by atoms with Gasteiger partial charge in [0, 0.05) is 12.6 Å². The van der Waals surface area contributed by atoms with Crippen molar-refractivity contribution in [2.45, 2.75) is 58.5 Å². The number of rotatable bonds is 4. The number of hydrogen-bond acceptors (Lipinski definition) is 3. The molecule has 1 fully saturated rings. The van der Waals surface area contributed by atoms with Crippen LogP contribution in [0, 0.1) is 5.41 Å². The first-order valence-corrected chi connectivity index (χ1v) is 6.49. The Labute approximate surface area is 108 Å². The molecule has 3 N–H and O–H groups in total. The second-order valence-corrected chi connectivity index (χ2v) is 5.83. The van der Waals surface area contributed by atoms with E-state index < -0.39 is 16.9 Å². The van der Waals surface area contributed by atoms with Gasteiger partial charge in [0.05, 0.1) is 5.41 Å². The molecule has 0 saturated heterocycles. The van der Waals surface area contributed by atoms with Crippen LogP contribution in [0.25, 0.3) is 0 Å². The predicted molar refractivity (Wildman–Crippen MR) is 69.0 cm³/mol.